The van der Waals surface area contributed by atoms with Gasteiger partial charge in [0.15, 0.2) is 11.7 Å². The Morgan fingerprint density at radius 2 is 1.79 bits per heavy atom. The predicted octanol–water partition coefficient (Wildman–Crippen LogP) is 2.76. The van der Waals surface area contributed by atoms with E-state index in [1.54, 1.807) is 12.1 Å². The number of benzene rings is 2. The summed E-state index contributed by atoms with van der Waals surface area (Å²) in [6.07, 6.45) is -3.79. The molecule has 0 aromatic heterocycles. The van der Waals surface area contributed by atoms with Crippen molar-refractivity contribution in [2.75, 3.05) is 29.4 Å². The summed E-state index contributed by atoms with van der Waals surface area (Å²) in [5.41, 5.74) is 6.09. The van der Waals surface area contributed by atoms with Crippen LogP contribution in [-0.4, -0.2) is 40.1 Å². The number of aliphatic imine (C=N–C) groups is 1. The molecule has 0 saturated heterocycles. The number of hydrogen-bond acceptors (Lipinski definition) is 5. The molecule has 0 bridgehead atoms. The Hall–Kier alpha value is -3.15. The number of para-hydroxylation sites is 2. The average Bonchev–Trinajstić information content (AvgIpc) is 2.59. The number of alkyl halides is 3. The molecule has 12 heteroatoms. The summed E-state index contributed by atoms with van der Waals surface area (Å²) in [4.78, 5) is 3.97. The van der Waals surface area contributed by atoms with Crippen LogP contribution in [0.1, 0.15) is 0 Å². The lowest BCUT2D eigenvalue weighted by atomic mass is 10.3. The van der Waals surface area contributed by atoms with E-state index in [0.29, 0.717) is 11.4 Å². The molecule has 0 aliphatic heterocycles. The van der Waals surface area contributed by atoms with E-state index < -0.39 is 22.1 Å². The van der Waals surface area contributed by atoms with Crippen molar-refractivity contribution in [2.45, 2.75) is 6.36 Å². The fourth-order valence-corrected chi connectivity index (χ4v) is 2.69. The Labute approximate surface area is 165 Å². The maximum Gasteiger partial charge on any atom is 0.573 e. The van der Waals surface area contributed by atoms with Crippen LogP contribution < -0.4 is 25.2 Å². The Morgan fingerprint density at radius 1 is 1.14 bits per heavy atom. The molecule has 2 rings (SSSR count). The molecule has 158 valence electrons. The molecule has 29 heavy (non-hydrogen) atoms. The highest BCUT2D eigenvalue weighted by molar-refractivity contribution is 7.92. The molecule has 0 saturated carbocycles. The summed E-state index contributed by atoms with van der Waals surface area (Å²) in [5, 5.41) is 2.54. The van der Waals surface area contributed by atoms with Crippen LogP contribution in [-0.2, 0) is 10.0 Å². The minimum absolute atomic E-state index is 0.0148. The summed E-state index contributed by atoms with van der Waals surface area (Å²) in [7, 11) is -3.36. The Balaban J connectivity index is 1.85. The van der Waals surface area contributed by atoms with Gasteiger partial charge in [-0.05, 0) is 36.4 Å². The van der Waals surface area contributed by atoms with Crippen LogP contribution >= 0.6 is 0 Å². The first-order chi connectivity index (χ1) is 13.5. The lowest BCUT2D eigenvalue weighted by Crippen LogP contribution is -2.25. The highest BCUT2D eigenvalue weighted by Crippen LogP contribution is 2.29. The first kappa shape index (κ1) is 22.1. The van der Waals surface area contributed by atoms with E-state index in [-0.39, 0.29) is 24.8 Å². The van der Waals surface area contributed by atoms with Crippen molar-refractivity contribution < 1.29 is 31.1 Å². The molecule has 2 aromatic carbocycles. The summed E-state index contributed by atoms with van der Waals surface area (Å²) in [5.74, 6) is -0.0635. The third-order valence-electron chi connectivity index (χ3n) is 3.18. The van der Waals surface area contributed by atoms with Crippen LogP contribution in [0, 0.1) is 0 Å². The van der Waals surface area contributed by atoms with Crippen LogP contribution in [0.15, 0.2) is 53.5 Å². The molecule has 0 radical (unpaired) electrons. The van der Waals surface area contributed by atoms with Gasteiger partial charge in [0.2, 0.25) is 10.0 Å². The zero-order valence-corrected chi connectivity index (χ0v) is 16.0. The van der Waals surface area contributed by atoms with Gasteiger partial charge >= 0.3 is 6.36 Å². The summed E-state index contributed by atoms with van der Waals surface area (Å²) in [6.45, 7) is 0.270. The second-order valence-corrected chi connectivity index (χ2v) is 7.43. The molecular formula is C17H19F3N4O4S. The van der Waals surface area contributed by atoms with Crippen LogP contribution in [0.2, 0.25) is 0 Å². The summed E-state index contributed by atoms with van der Waals surface area (Å²) in [6, 6.07) is 11.6. The standard InChI is InChI=1S/C17H19F3N4O4S/c1-29(25,26)24-12-6-8-13(9-7-12)27-11-10-22-16(21)23-14-4-2-3-5-15(14)28-17(18,19)20/h2-9,24H,10-11H2,1H3,(H3,21,22,23). The largest absolute Gasteiger partial charge is 0.573 e. The number of nitrogens with two attached hydrogens (primary N) is 1. The van der Waals surface area contributed by atoms with Crippen molar-refractivity contribution in [1.29, 1.82) is 0 Å². The summed E-state index contributed by atoms with van der Waals surface area (Å²) >= 11 is 0. The van der Waals surface area contributed by atoms with Crippen molar-refractivity contribution in [1.82, 2.24) is 0 Å². The Kier molecular flexibility index (Phi) is 7.15. The molecule has 0 aliphatic rings. The fraction of sp³-hybridized carbons (Fsp3) is 0.235. The molecule has 0 amide bonds. The van der Waals surface area contributed by atoms with Gasteiger partial charge in [-0.2, -0.15) is 0 Å². The number of guanidine groups is 1. The lowest BCUT2D eigenvalue weighted by molar-refractivity contribution is -0.274. The van der Waals surface area contributed by atoms with Crippen molar-refractivity contribution in [3.05, 3.63) is 48.5 Å². The SMILES string of the molecule is CS(=O)(=O)Nc1ccc(OCCN=C(N)Nc2ccccc2OC(F)(F)F)cc1. The molecule has 4 N–H and O–H groups in total. The molecule has 0 unspecified atom stereocenters. The molecular weight excluding hydrogens is 413 g/mol. The summed E-state index contributed by atoms with van der Waals surface area (Å²) < 4.78 is 71.2. The first-order valence-corrected chi connectivity index (χ1v) is 10.0. The molecule has 0 fully saturated rings. The normalized spacial score (nSPS) is 12.3. The first-order valence-electron chi connectivity index (χ1n) is 8.14. The van der Waals surface area contributed by atoms with Gasteiger partial charge in [0.05, 0.1) is 18.5 Å². The lowest BCUT2D eigenvalue weighted by Gasteiger charge is -2.14. The average molecular weight is 432 g/mol. The third-order valence-corrected chi connectivity index (χ3v) is 3.78. The van der Waals surface area contributed by atoms with Gasteiger partial charge in [0, 0.05) is 5.69 Å². The highest BCUT2D eigenvalue weighted by atomic mass is 32.2. The van der Waals surface area contributed by atoms with Crippen LogP contribution in [0.25, 0.3) is 0 Å². The van der Waals surface area contributed by atoms with Crippen molar-refractivity contribution in [2.24, 2.45) is 10.7 Å². The van der Waals surface area contributed by atoms with E-state index in [9.17, 15) is 21.6 Å². The monoisotopic (exact) mass is 432 g/mol. The molecule has 0 aliphatic carbocycles. The second kappa shape index (κ2) is 9.37. The van der Waals surface area contributed by atoms with Gasteiger partial charge in [0.1, 0.15) is 12.4 Å². The van der Waals surface area contributed by atoms with Gasteiger partial charge in [0.25, 0.3) is 0 Å². The van der Waals surface area contributed by atoms with Crippen molar-refractivity contribution in [3.8, 4) is 11.5 Å². The number of nitrogens with zero attached hydrogens (tertiary/aromatic N) is 1. The fourth-order valence-electron chi connectivity index (χ4n) is 2.12. The van der Waals surface area contributed by atoms with Crippen LogP contribution in [0.3, 0.4) is 0 Å². The highest BCUT2D eigenvalue weighted by Gasteiger charge is 2.32. The number of sulfonamides is 1. The van der Waals surface area contributed by atoms with E-state index >= 15 is 0 Å². The van der Waals surface area contributed by atoms with Crippen molar-refractivity contribution in [3.63, 3.8) is 0 Å². The Bertz CT molecular complexity index is 948. The minimum Gasteiger partial charge on any atom is -0.492 e. The van der Waals surface area contributed by atoms with Crippen molar-refractivity contribution >= 4 is 27.4 Å². The van der Waals surface area contributed by atoms with E-state index in [2.05, 4.69) is 19.8 Å². The predicted molar refractivity (Wildman–Crippen MR) is 104 cm³/mol. The third kappa shape index (κ3) is 8.60. The minimum atomic E-state index is -4.83. The number of halogens is 3. The number of ether oxygens (including phenoxy) is 2. The quantitative estimate of drug-likeness (QED) is 0.336. The molecule has 0 atom stereocenters. The van der Waals surface area contributed by atoms with Gasteiger partial charge in [-0.1, -0.05) is 12.1 Å². The Morgan fingerprint density at radius 3 is 2.41 bits per heavy atom. The maximum absolute atomic E-state index is 12.4. The van der Waals surface area contributed by atoms with E-state index in [1.165, 1.54) is 30.3 Å². The smallest absolute Gasteiger partial charge is 0.492 e. The topological polar surface area (TPSA) is 115 Å². The number of nitrogens with one attached hydrogen (secondary N) is 2. The second-order valence-electron chi connectivity index (χ2n) is 5.68. The molecule has 8 nitrogen and oxygen atoms in total. The number of hydrogen-bond donors (Lipinski definition) is 3. The van der Waals surface area contributed by atoms with Gasteiger partial charge in [-0.15, -0.1) is 13.2 Å². The molecule has 2 aromatic rings. The maximum atomic E-state index is 12.4. The zero-order valence-electron chi connectivity index (χ0n) is 15.2. The van der Waals surface area contributed by atoms with Gasteiger partial charge in [-0.25, -0.2) is 13.4 Å². The zero-order chi connectivity index (χ0) is 21.5. The van der Waals surface area contributed by atoms with Crippen LogP contribution in [0.5, 0.6) is 11.5 Å². The number of rotatable bonds is 8. The van der Waals surface area contributed by atoms with Gasteiger partial charge < -0.3 is 20.5 Å². The molecule has 0 spiro atoms. The molecule has 0 heterocycles. The van der Waals surface area contributed by atoms with E-state index in [0.717, 1.165) is 12.3 Å². The van der Waals surface area contributed by atoms with E-state index in [4.69, 9.17) is 10.5 Å². The van der Waals surface area contributed by atoms with Crippen LogP contribution in [0.4, 0.5) is 24.5 Å². The van der Waals surface area contributed by atoms with Gasteiger partial charge in [-0.3, -0.25) is 4.72 Å². The van der Waals surface area contributed by atoms with E-state index in [1.807, 2.05) is 0 Å². The number of anilines is 2.